The molecule has 0 aliphatic carbocycles. The van der Waals surface area contributed by atoms with Gasteiger partial charge in [0.25, 0.3) is 0 Å². The van der Waals surface area contributed by atoms with Crippen molar-refractivity contribution >= 4 is 17.3 Å². The second-order valence-electron chi connectivity index (χ2n) is 4.24. The predicted molar refractivity (Wildman–Crippen MR) is 72.0 cm³/mol. The number of pyridine rings is 1. The first-order valence-corrected chi connectivity index (χ1v) is 5.71. The number of aromatic nitrogens is 2. The topological polar surface area (TPSA) is 80.6 Å². The number of hydrogen-bond donors (Lipinski definition) is 2. The van der Waals surface area contributed by atoms with Crippen molar-refractivity contribution in [2.75, 3.05) is 5.73 Å². The van der Waals surface area contributed by atoms with Crippen LogP contribution in [0.3, 0.4) is 0 Å². The van der Waals surface area contributed by atoms with Gasteiger partial charge in [-0.3, -0.25) is 0 Å². The second kappa shape index (κ2) is 4.13. The molecule has 0 atom stereocenters. The van der Waals surface area contributed by atoms with E-state index in [1.165, 1.54) is 0 Å². The van der Waals surface area contributed by atoms with E-state index in [4.69, 9.17) is 10.8 Å². The molecule has 3 aromatic rings. The van der Waals surface area contributed by atoms with Gasteiger partial charge in [0.1, 0.15) is 5.65 Å². The van der Waals surface area contributed by atoms with E-state index in [2.05, 4.69) is 4.98 Å². The number of carbonyl (C=O) groups is 1. The number of nitrogens with two attached hydrogens (primary N) is 1. The Balaban J connectivity index is 2.13. The van der Waals surface area contributed by atoms with Gasteiger partial charge in [0.05, 0.1) is 11.3 Å². The van der Waals surface area contributed by atoms with Gasteiger partial charge >= 0.3 is 5.97 Å². The Labute approximate surface area is 108 Å². The zero-order chi connectivity index (χ0) is 13.4. The van der Waals surface area contributed by atoms with Crippen LogP contribution in [0.5, 0.6) is 0 Å². The molecular formula is C14H11N3O2. The van der Waals surface area contributed by atoms with Gasteiger partial charge in [0.2, 0.25) is 0 Å². The van der Waals surface area contributed by atoms with E-state index in [1.807, 2.05) is 22.7 Å². The smallest absolute Gasteiger partial charge is 0.335 e. The quantitative estimate of drug-likeness (QED) is 0.734. The summed E-state index contributed by atoms with van der Waals surface area (Å²) < 4.78 is 1.82. The van der Waals surface area contributed by atoms with Crippen LogP contribution in [0.2, 0.25) is 0 Å². The number of anilines is 1. The third kappa shape index (κ3) is 2.01. The number of rotatable bonds is 2. The summed E-state index contributed by atoms with van der Waals surface area (Å²) in [7, 11) is 0. The van der Waals surface area contributed by atoms with Crippen LogP contribution in [0.4, 0.5) is 5.69 Å². The maximum atomic E-state index is 11.0. The van der Waals surface area contributed by atoms with Gasteiger partial charge in [-0.15, -0.1) is 0 Å². The predicted octanol–water partition coefficient (Wildman–Crippen LogP) is 2.28. The molecule has 0 spiro atoms. The zero-order valence-electron chi connectivity index (χ0n) is 9.95. The van der Waals surface area contributed by atoms with Gasteiger partial charge in [0.15, 0.2) is 0 Å². The molecule has 0 amide bonds. The van der Waals surface area contributed by atoms with Gasteiger partial charge in [-0.25, -0.2) is 9.78 Å². The van der Waals surface area contributed by atoms with E-state index < -0.39 is 5.97 Å². The summed E-state index contributed by atoms with van der Waals surface area (Å²) in [6, 6.07) is 10.3. The van der Waals surface area contributed by atoms with E-state index in [0.717, 1.165) is 11.2 Å². The Morgan fingerprint density at radius 1 is 1.21 bits per heavy atom. The third-order valence-corrected chi connectivity index (χ3v) is 2.88. The number of fused-ring (bicyclic) bond motifs is 1. The fraction of sp³-hybridized carbons (Fsp3) is 0. The van der Waals surface area contributed by atoms with Crippen molar-refractivity contribution in [2.24, 2.45) is 0 Å². The molecule has 3 rings (SSSR count). The highest BCUT2D eigenvalue weighted by Gasteiger charge is 2.08. The Hall–Kier alpha value is -2.82. The normalized spacial score (nSPS) is 10.7. The van der Waals surface area contributed by atoms with Gasteiger partial charge < -0.3 is 15.2 Å². The molecule has 0 saturated carbocycles. The number of aromatic carboxylic acids is 1. The Morgan fingerprint density at radius 2 is 2.05 bits per heavy atom. The van der Waals surface area contributed by atoms with E-state index in [1.54, 1.807) is 30.5 Å². The summed E-state index contributed by atoms with van der Waals surface area (Å²) in [6.45, 7) is 0. The largest absolute Gasteiger partial charge is 0.478 e. The summed E-state index contributed by atoms with van der Waals surface area (Å²) in [6.07, 6.45) is 3.60. The Kier molecular flexibility index (Phi) is 2.45. The van der Waals surface area contributed by atoms with Crippen molar-refractivity contribution < 1.29 is 9.90 Å². The van der Waals surface area contributed by atoms with Crippen LogP contribution in [0.15, 0.2) is 48.8 Å². The Bertz CT molecular complexity index is 777. The van der Waals surface area contributed by atoms with Crippen LogP contribution < -0.4 is 5.73 Å². The maximum absolute atomic E-state index is 11.0. The lowest BCUT2D eigenvalue weighted by molar-refractivity contribution is 0.0697. The minimum absolute atomic E-state index is 0.245. The van der Waals surface area contributed by atoms with Crippen LogP contribution in [0, 0.1) is 0 Å². The molecule has 0 aliphatic heterocycles. The lowest BCUT2D eigenvalue weighted by Gasteiger charge is -1.98. The lowest BCUT2D eigenvalue weighted by Crippen LogP contribution is -1.95. The van der Waals surface area contributed by atoms with Crippen molar-refractivity contribution in [3.05, 3.63) is 54.4 Å². The first-order valence-electron chi connectivity index (χ1n) is 5.71. The van der Waals surface area contributed by atoms with Gasteiger partial charge in [-0.05, 0) is 24.3 Å². The molecule has 1 aromatic carbocycles. The highest BCUT2D eigenvalue weighted by Crippen LogP contribution is 2.21. The first kappa shape index (κ1) is 11.3. The minimum atomic E-state index is -0.949. The van der Waals surface area contributed by atoms with Crippen LogP contribution in [-0.2, 0) is 0 Å². The second-order valence-corrected chi connectivity index (χ2v) is 4.24. The summed E-state index contributed by atoms with van der Waals surface area (Å²) in [5.41, 5.74) is 8.85. The molecule has 0 fully saturated rings. The van der Waals surface area contributed by atoms with Crippen LogP contribution >= 0.6 is 0 Å². The van der Waals surface area contributed by atoms with Crippen molar-refractivity contribution in [3.8, 4) is 11.3 Å². The lowest BCUT2D eigenvalue weighted by atomic mass is 10.1. The van der Waals surface area contributed by atoms with Crippen molar-refractivity contribution in [3.63, 3.8) is 0 Å². The van der Waals surface area contributed by atoms with Gasteiger partial charge in [-0.2, -0.15) is 0 Å². The van der Waals surface area contributed by atoms with Crippen molar-refractivity contribution in [1.29, 1.82) is 0 Å². The summed E-state index contributed by atoms with van der Waals surface area (Å²) in [5.74, 6) is -0.949. The first-order chi connectivity index (χ1) is 9.13. The molecule has 5 heteroatoms. The van der Waals surface area contributed by atoms with Crippen LogP contribution in [-0.4, -0.2) is 20.5 Å². The molecule has 3 N–H and O–H groups in total. The molecule has 0 saturated heterocycles. The molecule has 5 nitrogen and oxygen atoms in total. The molecule has 0 radical (unpaired) electrons. The average Bonchev–Trinajstić information content (AvgIpc) is 2.81. The van der Waals surface area contributed by atoms with E-state index >= 15 is 0 Å². The molecule has 0 bridgehead atoms. The Morgan fingerprint density at radius 3 is 2.84 bits per heavy atom. The highest BCUT2D eigenvalue weighted by atomic mass is 16.4. The van der Waals surface area contributed by atoms with Crippen molar-refractivity contribution in [2.45, 2.75) is 0 Å². The molecule has 94 valence electrons. The fourth-order valence-corrected chi connectivity index (χ4v) is 1.96. The number of nitrogens with zero attached hydrogens (tertiary/aromatic N) is 2. The molecule has 19 heavy (non-hydrogen) atoms. The fourth-order valence-electron chi connectivity index (χ4n) is 1.96. The van der Waals surface area contributed by atoms with Gasteiger partial charge in [-0.1, -0.05) is 12.1 Å². The minimum Gasteiger partial charge on any atom is -0.478 e. The van der Waals surface area contributed by atoms with Crippen molar-refractivity contribution in [1.82, 2.24) is 9.38 Å². The number of hydrogen-bond acceptors (Lipinski definition) is 3. The van der Waals surface area contributed by atoms with E-state index in [0.29, 0.717) is 11.4 Å². The summed E-state index contributed by atoms with van der Waals surface area (Å²) >= 11 is 0. The average molecular weight is 253 g/mol. The summed E-state index contributed by atoms with van der Waals surface area (Å²) in [5, 5.41) is 8.99. The highest BCUT2D eigenvalue weighted by molar-refractivity contribution is 5.89. The molecule has 0 aliphatic rings. The van der Waals surface area contributed by atoms with E-state index in [-0.39, 0.29) is 5.56 Å². The molecule has 2 aromatic heterocycles. The molecule has 0 unspecified atom stereocenters. The standard InChI is InChI=1S/C14H11N3O2/c15-11-4-5-13-16-12(8-17(13)7-11)9-2-1-3-10(6-9)14(18)19/h1-8H,15H2,(H,18,19). The number of imidazole rings is 1. The number of carboxylic acids is 1. The van der Waals surface area contributed by atoms with Gasteiger partial charge in [0, 0.05) is 23.6 Å². The zero-order valence-corrected chi connectivity index (χ0v) is 9.95. The number of nitrogen functional groups attached to an aromatic ring is 1. The van der Waals surface area contributed by atoms with Crippen LogP contribution in [0.25, 0.3) is 16.9 Å². The van der Waals surface area contributed by atoms with Crippen LogP contribution in [0.1, 0.15) is 10.4 Å². The number of carboxylic acid groups (broad SMARTS) is 1. The molecular weight excluding hydrogens is 242 g/mol. The summed E-state index contributed by atoms with van der Waals surface area (Å²) in [4.78, 5) is 15.4. The third-order valence-electron chi connectivity index (χ3n) is 2.88. The number of benzene rings is 1. The monoisotopic (exact) mass is 253 g/mol. The molecule has 2 heterocycles. The SMILES string of the molecule is Nc1ccc2nc(-c3cccc(C(=O)O)c3)cn2c1. The maximum Gasteiger partial charge on any atom is 0.335 e. The van der Waals surface area contributed by atoms with E-state index in [9.17, 15) is 4.79 Å².